The Morgan fingerprint density at radius 2 is 1.70 bits per heavy atom. The Morgan fingerprint density at radius 1 is 1.00 bits per heavy atom. The van der Waals surface area contributed by atoms with Crippen molar-refractivity contribution in [2.24, 2.45) is 4.99 Å². The van der Waals surface area contributed by atoms with Gasteiger partial charge in [0.15, 0.2) is 0 Å². The van der Waals surface area contributed by atoms with Crippen LogP contribution >= 0.6 is 11.3 Å². The van der Waals surface area contributed by atoms with E-state index in [0.29, 0.717) is 0 Å². The molecule has 23 heavy (non-hydrogen) atoms. The zero-order chi connectivity index (χ0) is 16.2. The van der Waals surface area contributed by atoms with E-state index in [9.17, 15) is 0 Å². The molecular formula is C19H19N3S. The lowest BCUT2D eigenvalue weighted by atomic mass is 10.1. The number of benzene rings is 2. The van der Waals surface area contributed by atoms with Gasteiger partial charge in [-0.2, -0.15) is 0 Å². The van der Waals surface area contributed by atoms with Crippen LogP contribution in [0.2, 0.25) is 0 Å². The molecule has 0 saturated carbocycles. The Labute approximate surface area is 141 Å². The topological polar surface area (TPSA) is 28.5 Å². The van der Waals surface area contributed by atoms with Gasteiger partial charge < -0.3 is 4.90 Å². The maximum absolute atomic E-state index is 4.58. The van der Waals surface area contributed by atoms with E-state index in [-0.39, 0.29) is 0 Å². The van der Waals surface area contributed by atoms with Crippen molar-refractivity contribution in [1.29, 1.82) is 0 Å². The molecule has 1 aromatic heterocycles. The SMILES string of the molecule is Cc1ccc(-c2csc(/N=C/c3ccc(N(C)C)cc3)n2)cc1. The zero-order valence-electron chi connectivity index (χ0n) is 13.5. The summed E-state index contributed by atoms with van der Waals surface area (Å²) >= 11 is 1.56. The summed E-state index contributed by atoms with van der Waals surface area (Å²) in [6.07, 6.45) is 1.86. The van der Waals surface area contributed by atoms with Crippen molar-refractivity contribution in [3.05, 3.63) is 65.0 Å². The molecule has 0 bridgehead atoms. The molecule has 0 unspecified atom stereocenters. The first-order valence-corrected chi connectivity index (χ1v) is 8.34. The molecule has 0 radical (unpaired) electrons. The first kappa shape index (κ1) is 15.4. The van der Waals surface area contributed by atoms with E-state index in [1.807, 2.05) is 25.7 Å². The molecule has 3 rings (SSSR count). The summed E-state index contributed by atoms with van der Waals surface area (Å²) in [6, 6.07) is 16.7. The predicted octanol–water partition coefficient (Wildman–Crippen LogP) is 4.94. The molecule has 0 saturated heterocycles. The average Bonchev–Trinajstić information content (AvgIpc) is 3.03. The van der Waals surface area contributed by atoms with Crippen LogP contribution in [0.25, 0.3) is 11.3 Å². The Kier molecular flexibility index (Phi) is 4.53. The first-order chi connectivity index (χ1) is 11.1. The summed E-state index contributed by atoms with van der Waals surface area (Å²) in [5.74, 6) is 0. The lowest BCUT2D eigenvalue weighted by Crippen LogP contribution is -2.08. The lowest BCUT2D eigenvalue weighted by Gasteiger charge is -2.11. The minimum Gasteiger partial charge on any atom is -0.378 e. The van der Waals surface area contributed by atoms with Gasteiger partial charge in [0.05, 0.1) is 5.69 Å². The highest BCUT2D eigenvalue weighted by Gasteiger charge is 2.03. The van der Waals surface area contributed by atoms with Crippen LogP contribution in [0.1, 0.15) is 11.1 Å². The number of rotatable bonds is 4. The molecule has 1 heterocycles. The minimum atomic E-state index is 0.775. The molecule has 2 aromatic carbocycles. The third-order valence-electron chi connectivity index (χ3n) is 3.57. The number of anilines is 1. The maximum Gasteiger partial charge on any atom is 0.209 e. The molecule has 0 N–H and O–H groups in total. The fraction of sp³-hybridized carbons (Fsp3) is 0.158. The lowest BCUT2D eigenvalue weighted by molar-refractivity contribution is 1.13. The van der Waals surface area contributed by atoms with E-state index in [1.165, 1.54) is 11.3 Å². The fourth-order valence-corrected chi connectivity index (χ4v) is 2.84. The molecule has 0 aliphatic carbocycles. The second-order valence-corrected chi connectivity index (χ2v) is 6.46. The molecule has 0 aliphatic rings. The van der Waals surface area contributed by atoms with Crippen molar-refractivity contribution in [3.8, 4) is 11.3 Å². The largest absolute Gasteiger partial charge is 0.378 e. The molecule has 0 spiro atoms. The van der Waals surface area contributed by atoms with E-state index < -0.39 is 0 Å². The third-order valence-corrected chi connectivity index (χ3v) is 4.32. The number of aliphatic imine (C=N–C) groups is 1. The third kappa shape index (κ3) is 3.85. The Hall–Kier alpha value is -2.46. The van der Waals surface area contributed by atoms with Crippen LogP contribution in [0.4, 0.5) is 10.8 Å². The molecule has 3 nitrogen and oxygen atoms in total. The molecule has 3 aromatic rings. The summed E-state index contributed by atoms with van der Waals surface area (Å²) < 4.78 is 0. The second kappa shape index (κ2) is 6.75. The number of hydrogen-bond donors (Lipinski definition) is 0. The Bertz CT molecular complexity index is 799. The van der Waals surface area contributed by atoms with Gasteiger partial charge in [-0.15, -0.1) is 11.3 Å². The van der Waals surface area contributed by atoms with Crippen molar-refractivity contribution >= 4 is 28.4 Å². The fourth-order valence-electron chi connectivity index (χ4n) is 2.17. The Balaban J connectivity index is 1.74. The molecule has 4 heteroatoms. The van der Waals surface area contributed by atoms with Crippen LogP contribution in [0.3, 0.4) is 0 Å². The molecule has 0 fully saturated rings. The molecule has 0 aliphatic heterocycles. The number of thiazole rings is 1. The van der Waals surface area contributed by atoms with Crippen LogP contribution in [0.15, 0.2) is 58.9 Å². The van der Waals surface area contributed by atoms with Gasteiger partial charge in [0.25, 0.3) is 0 Å². The average molecular weight is 321 g/mol. The minimum absolute atomic E-state index is 0.775. The normalized spacial score (nSPS) is 11.1. The van der Waals surface area contributed by atoms with Gasteiger partial charge in [-0.1, -0.05) is 42.0 Å². The van der Waals surface area contributed by atoms with Gasteiger partial charge >= 0.3 is 0 Å². The molecule has 0 amide bonds. The van der Waals surface area contributed by atoms with Crippen molar-refractivity contribution in [1.82, 2.24) is 4.98 Å². The number of aromatic nitrogens is 1. The van der Waals surface area contributed by atoms with Gasteiger partial charge in [0.1, 0.15) is 0 Å². The summed E-state index contributed by atoms with van der Waals surface area (Å²) in [6.45, 7) is 2.09. The highest BCUT2D eigenvalue weighted by Crippen LogP contribution is 2.26. The van der Waals surface area contributed by atoms with Gasteiger partial charge in [-0.05, 0) is 24.6 Å². The number of hydrogen-bond acceptors (Lipinski definition) is 4. The van der Waals surface area contributed by atoms with Crippen LogP contribution in [0, 0.1) is 6.92 Å². The quantitative estimate of drug-likeness (QED) is 0.637. The molecule has 0 atom stereocenters. The van der Waals surface area contributed by atoms with Crippen LogP contribution in [-0.4, -0.2) is 25.3 Å². The van der Waals surface area contributed by atoms with Crippen molar-refractivity contribution in [3.63, 3.8) is 0 Å². The summed E-state index contributed by atoms with van der Waals surface area (Å²) in [4.78, 5) is 11.1. The van der Waals surface area contributed by atoms with Crippen molar-refractivity contribution < 1.29 is 0 Å². The van der Waals surface area contributed by atoms with E-state index in [2.05, 4.69) is 70.3 Å². The van der Waals surface area contributed by atoms with Crippen LogP contribution < -0.4 is 4.90 Å². The monoisotopic (exact) mass is 321 g/mol. The highest BCUT2D eigenvalue weighted by atomic mass is 32.1. The number of nitrogens with zero attached hydrogens (tertiary/aromatic N) is 3. The summed E-state index contributed by atoms with van der Waals surface area (Å²) in [5.41, 5.74) is 5.61. The molecular weight excluding hydrogens is 302 g/mol. The second-order valence-electron chi connectivity index (χ2n) is 5.63. The first-order valence-electron chi connectivity index (χ1n) is 7.46. The number of aryl methyl sites for hydroxylation is 1. The van der Waals surface area contributed by atoms with E-state index in [0.717, 1.165) is 22.0 Å². The highest BCUT2D eigenvalue weighted by molar-refractivity contribution is 7.13. The predicted molar refractivity (Wildman–Crippen MR) is 100 cm³/mol. The van der Waals surface area contributed by atoms with E-state index in [4.69, 9.17) is 0 Å². The van der Waals surface area contributed by atoms with Gasteiger partial charge in [-0.25, -0.2) is 9.98 Å². The van der Waals surface area contributed by atoms with Crippen molar-refractivity contribution in [2.45, 2.75) is 6.92 Å². The van der Waals surface area contributed by atoms with Crippen LogP contribution in [0.5, 0.6) is 0 Å². The standard InChI is InChI=1S/C19H19N3S/c1-14-4-8-16(9-5-14)18-13-23-19(21-18)20-12-15-6-10-17(11-7-15)22(2)3/h4-13H,1-3H3/b20-12+. The van der Waals surface area contributed by atoms with Crippen LogP contribution in [-0.2, 0) is 0 Å². The maximum atomic E-state index is 4.58. The zero-order valence-corrected chi connectivity index (χ0v) is 14.3. The van der Waals surface area contributed by atoms with Gasteiger partial charge in [0.2, 0.25) is 5.13 Å². The van der Waals surface area contributed by atoms with E-state index >= 15 is 0 Å². The summed E-state index contributed by atoms with van der Waals surface area (Å²) in [5, 5.41) is 2.82. The van der Waals surface area contributed by atoms with Crippen molar-refractivity contribution in [2.75, 3.05) is 19.0 Å². The Morgan fingerprint density at radius 3 is 2.35 bits per heavy atom. The smallest absolute Gasteiger partial charge is 0.209 e. The summed E-state index contributed by atoms with van der Waals surface area (Å²) in [7, 11) is 4.07. The van der Waals surface area contributed by atoms with Gasteiger partial charge in [-0.3, -0.25) is 0 Å². The van der Waals surface area contributed by atoms with Gasteiger partial charge in [0, 0.05) is 36.9 Å². The van der Waals surface area contributed by atoms with E-state index in [1.54, 1.807) is 11.3 Å². The molecule has 116 valence electrons.